The number of amides is 1. The van der Waals surface area contributed by atoms with Crippen molar-refractivity contribution in [3.05, 3.63) is 89.2 Å². The van der Waals surface area contributed by atoms with Crippen LogP contribution in [0.5, 0.6) is 0 Å². The molecule has 0 radical (unpaired) electrons. The monoisotopic (exact) mass is 414 g/mol. The van der Waals surface area contributed by atoms with E-state index >= 15 is 0 Å². The van der Waals surface area contributed by atoms with E-state index in [0.717, 1.165) is 5.56 Å². The minimum Gasteiger partial charge on any atom is -0.280 e. The van der Waals surface area contributed by atoms with Gasteiger partial charge >= 0.3 is 0 Å². The SMILES string of the molecule is O=C(N/N=C\c1ccncc1)c1ccc(NS(=O)(=O)c2ccc(Cl)cc2)cc1. The Balaban J connectivity index is 1.63. The number of nitrogens with one attached hydrogen (secondary N) is 2. The molecule has 0 unspecified atom stereocenters. The van der Waals surface area contributed by atoms with Gasteiger partial charge in [-0.3, -0.25) is 14.5 Å². The molecule has 1 heterocycles. The molecule has 3 aromatic rings. The minimum absolute atomic E-state index is 0.0872. The van der Waals surface area contributed by atoms with Gasteiger partial charge < -0.3 is 0 Å². The summed E-state index contributed by atoms with van der Waals surface area (Å²) in [4.78, 5) is 16.1. The Labute approximate surface area is 167 Å². The number of benzene rings is 2. The van der Waals surface area contributed by atoms with Gasteiger partial charge in [0.2, 0.25) is 0 Å². The molecular weight excluding hydrogens is 400 g/mol. The Bertz CT molecular complexity index is 1080. The number of hydrogen-bond acceptors (Lipinski definition) is 5. The molecule has 1 amide bonds. The predicted octanol–water partition coefficient (Wildman–Crippen LogP) is 3.30. The Morgan fingerprint density at radius 1 is 0.964 bits per heavy atom. The zero-order valence-electron chi connectivity index (χ0n) is 14.4. The minimum atomic E-state index is -3.75. The molecule has 0 atom stereocenters. The van der Waals surface area contributed by atoms with Crippen LogP contribution in [-0.2, 0) is 10.0 Å². The third-order valence-electron chi connectivity index (χ3n) is 3.61. The number of carbonyl (C=O) groups is 1. The predicted molar refractivity (Wildman–Crippen MR) is 108 cm³/mol. The molecule has 0 fully saturated rings. The molecule has 142 valence electrons. The number of hydrogen-bond donors (Lipinski definition) is 2. The van der Waals surface area contributed by atoms with Gasteiger partial charge in [-0.1, -0.05) is 11.6 Å². The summed E-state index contributed by atoms with van der Waals surface area (Å²) in [5.74, 6) is -0.419. The first kappa shape index (κ1) is 19.5. The standard InChI is InChI=1S/C19H15ClN4O3S/c20-16-3-7-18(8-4-16)28(26,27)24-17-5-1-15(2-6-17)19(25)23-22-13-14-9-11-21-12-10-14/h1-13,24H,(H,23,25)/b22-13-. The summed E-state index contributed by atoms with van der Waals surface area (Å²) >= 11 is 5.77. The number of carbonyl (C=O) groups excluding carboxylic acids is 1. The van der Waals surface area contributed by atoms with Crippen molar-refractivity contribution in [1.82, 2.24) is 10.4 Å². The normalized spacial score (nSPS) is 11.3. The zero-order chi connectivity index (χ0) is 20.0. The van der Waals surface area contributed by atoms with Gasteiger partial charge in [0, 0.05) is 28.7 Å². The summed E-state index contributed by atoms with van der Waals surface area (Å²) < 4.78 is 27.1. The van der Waals surface area contributed by atoms with E-state index in [9.17, 15) is 13.2 Å². The van der Waals surface area contributed by atoms with Crippen molar-refractivity contribution in [3.8, 4) is 0 Å². The Morgan fingerprint density at radius 3 is 2.25 bits per heavy atom. The molecule has 0 bridgehead atoms. The van der Waals surface area contributed by atoms with Crippen LogP contribution in [-0.4, -0.2) is 25.5 Å². The number of anilines is 1. The van der Waals surface area contributed by atoms with Gasteiger partial charge in [-0.2, -0.15) is 5.10 Å². The molecule has 0 spiro atoms. The van der Waals surface area contributed by atoms with Gasteiger partial charge in [0.05, 0.1) is 11.1 Å². The van der Waals surface area contributed by atoms with Gasteiger partial charge in [-0.25, -0.2) is 13.8 Å². The maximum atomic E-state index is 12.4. The molecule has 2 N–H and O–H groups in total. The van der Waals surface area contributed by atoms with Gasteiger partial charge in [-0.05, 0) is 66.2 Å². The van der Waals surface area contributed by atoms with E-state index in [1.54, 1.807) is 24.5 Å². The lowest BCUT2D eigenvalue weighted by molar-refractivity contribution is 0.0955. The summed E-state index contributed by atoms with van der Waals surface area (Å²) in [5, 5.41) is 4.32. The quantitative estimate of drug-likeness (QED) is 0.477. The zero-order valence-corrected chi connectivity index (χ0v) is 16.0. The van der Waals surface area contributed by atoms with E-state index < -0.39 is 15.9 Å². The third-order valence-corrected chi connectivity index (χ3v) is 5.26. The van der Waals surface area contributed by atoms with Crippen molar-refractivity contribution in [2.45, 2.75) is 4.90 Å². The van der Waals surface area contributed by atoms with E-state index in [1.165, 1.54) is 54.7 Å². The summed E-state index contributed by atoms with van der Waals surface area (Å²) in [7, 11) is -3.75. The van der Waals surface area contributed by atoms with Crippen LogP contribution in [0.1, 0.15) is 15.9 Å². The Kier molecular flexibility index (Phi) is 6.03. The molecule has 0 saturated carbocycles. The van der Waals surface area contributed by atoms with E-state index in [4.69, 9.17) is 11.6 Å². The van der Waals surface area contributed by atoms with Crippen LogP contribution in [0.3, 0.4) is 0 Å². The van der Waals surface area contributed by atoms with Crippen LogP contribution < -0.4 is 10.1 Å². The number of pyridine rings is 1. The summed E-state index contributed by atoms with van der Waals surface area (Å²) in [6.45, 7) is 0. The fourth-order valence-corrected chi connectivity index (χ4v) is 3.38. The fraction of sp³-hybridized carbons (Fsp3) is 0. The average Bonchev–Trinajstić information content (AvgIpc) is 2.69. The van der Waals surface area contributed by atoms with E-state index in [-0.39, 0.29) is 4.90 Å². The number of aromatic nitrogens is 1. The second-order valence-electron chi connectivity index (χ2n) is 5.62. The van der Waals surface area contributed by atoms with Crippen molar-refractivity contribution >= 4 is 39.4 Å². The van der Waals surface area contributed by atoms with Crippen molar-refractivity contribution in [3.63, 3.8) is 0 Å². The van der Waals surface area contributed by atoms with Gasteiger partial charge in [-0.15, -0.1) is 0 Å². The number of halogens is 1. The van der Waals surface area contributed by atoms with Crippen LogP contribution >= 0.6 is 11.6 Å². The molecule has 0 saturated heterocycles. The van der Waals surface area contributed by atoms with E-state index in [0.29, 0.717) is 16.3 Å². The lowest BCUT2D eigenvalue weighted by Crippen LogP contribution is -2.18. The van der Waals surface area contributed by atoms with Gasteiger partial charge in [0.1, 0.15) is 0 Å². The number of hydrazone groups is 1. The van der Waals surface area contributed by atoms with Crippen molar-refractivity contribution in [2.75, 3.05) is 4.72 Å². The summed E-state index contributed by atoms with van der Waals surface area (Å²) in [6.07, 6.45) is 4.73. The molecule has 3 rings (SSSR count). The summed E-state index contributed by atoms with van der Waals surface area (Å²) in [6, 6.07) is 15.3. The molecule has 1 aromatic heterocycles. The first-order valence-electron chi connectivity index (χ1n) is 8.06. The van der Waals surface area contributed by atoms with E-state index in [1.807, 2.05) is 0 Å². The van der Waals surface area contributed by atoms with Gasteiger partial charge in [0.15, 0.2) is 0 Å². The van der Waals surface area contributed by atoms with Crippen molar-refractivity contribution in [1.29, 1.82) is 0 Å². The maximum Gasteiger partial charge on any atom is 0.271 e. The first-order chi connectivity index (χ1) is 13.4. The maximum absolute atomic E-state index is 12.4. The number of nitrogens with zero attached hydrogens (tertiary/aromatic N) is 2. The number of sulfonamides is 1. The molecule has 9 heteroatoms. The molecule has 0 aliphatic carbocycles. The smallest absolute Gasteiger partial charge is 0.271 e. The van der Waals surface area contributed by atoms with Crippen LogP contribution in [0.4, 0.5) is 5.69 Å². The highest BCUT2D eigenvalue weighted by atomic mass is 35.5. The molecule has 28 heavy (non-hydrogen) atoms. The van der Waals surface area contributed by atoms with E-state index in [2.05, 4.69) is 20.2 Å². The molecule has 2 aromatic carbocycles. The largest absolute Gasteiger partial charge is 0.280 e. The van der Waals surface area contributed by atoms with Crippen LogP contribution in [0.15, 0.2) is 83.1 Å². The highest BCUT2D eigenvalue weighted by Crippen LogP contribution is 2.18. The highest BCUT2D eigenvalue weighted by Gasteiger charge is 2.14. The van der Waals surface area contributed by atoms with Crippen LogP contribution in [0.2, 0.25) is 5.02 Å². The highest BCUT2D eigenvalue weighted by molar-refractivity contribution is 7.92. The van der Waals surface area contributed by atoms with Crippen molar-refractivity contribution < 1.29 is 13.2 Å². The average molecular weight is 415 g/mol. The van der Waals surface area contributed by atoms with Gasteiger partial charge in [0.25, 0.3) is 15.9 Å². The lowest BCUT2D eigenvalue weighted by Gasteiger charge is -2.08. The second kappa shape index (κ2) is 8.64. The molecule has 0 aliphatic heterocycles. The summed E-state index contributed by atoms with van der Waals surface area (Å²) in [5.41, 5.74) is 3.86. The lowest BCUT2D eigenvalue weighted by atomic mass is 10.2. The van der Waals surface area contributed by atoms with Crippen LogP contribution in [0, 0.1) is 0 Å². The Morgan fingerprint density at radius 2 is 1.61 bits per heavy atom. The second-order valence-corrected chi connectivity index (χ2v) is 7.74. The molecular formula is C19H15ClN4O3S. The first-order valence-corrected chi connectivity index (χ1v) is 9.92. The number of rotatable bonds is 6. The fourth-order valence-electron chi connectivity index (χ4n) is 2.20. The Hall–Kier alpha value is -3.23. The topological polar surface area (TPSA) is 101 Å². The molecule has 0 aliphatic rings. The molecule has 7 nitrogen and oxygen atoms in total. The van der Waals surface area contributed by atoms with Crippen molar-refractivity contribution in [2.24, 2.45) is 5.10 Å². The van der Waals surface area contributed by atoms with Crippen LogP contribution in [0.25, 0.3) is 0 Å². The third kappa shape index (κ3) is 5.15.